The number of nitrogens with zero attached hydrogens (tertiary/aromatic N) is 3. The molecule has 0 bridgehead atoms. The number of hydrogen-bond acceptors (Lipinski definition) is 3. The number of rotatable bonds is 4. The number of fused-ring (bicyclic) bond motifs is 1. The lowest BCUT2D eigenvalue weighted by atomic mass is 10.3. The van der Waals surface area contributed by atoms with Crippen molar-refractivity contribution in [1.82, 2.24) is 14.7 Å². The largest absolute Gasteiger partial charge is 0.361 e. The third-order valence-corrected chi connectivity index (χ3v) is 3.53. The maximum absolute atomic E-state index is 6.08. The third kappa shape index (κ3) is 2.53. The Bertz CT molecular complexity index is 748. The molecule has 0 N–H and O–H groups in total. The summed E-state index contributed by atoms with van der Waals surface area (Å²) in [7, 11) is 0. The quantitative estimate of drug-likeness (QED) is 0.688. The lowest BCUT2D eigenvalue weighted by molar-refractivity contribution is 0.389. The third-order valence-electron chi connectivity index (χ3n) is 3.10. The Morgan fingerprint density at radius 1 is 1.30 bits per heavy atom. The van der Waals surface area contributed by atoms with Gasteiger partial charge in [-0.15, -0.1) is 11.6 Å². The summed E-state index contributed by atoms with van der Waals surface area (Å²) in [6, 6.07) is 7.58. The van der Waals surface area contributed by atoms with Gasteiger partial charge in [0, 0.05) is 23.4 Å². The van der Waals surface area contributed by atoms with Gasteiger partial charge in [0.15, 0.2) is 0 Å². The molecule has 0 aliphatic heterocycles. The highest BCUT2D eigenvalue weighted by Crippen LogP contribution is 2.22. The van der Waals surface area contributed by atoms with Crippen LogP contribution < -0.4 is 0 Å². The van der Waals surface area contributed by atoms with Crippen molar-refractivity contribution in [3.8, 4) is 0 Å². The van der Waals surface area contributed by atoms with Crippen LogP contribution in [0.25, 0.3) is 11.0 Å². The van der Waals surface area contributed by atoms with E-state index in [9.17, 15) is 0 Å². The molecule has 0 saturated heterocycles. The zero-order chi connectivity index (χ0) is 14.1. The summed E-state index contributed by atoms with van der Waals surface area (Å²) in [5, 5.41) is 4.72. The van der Waals surface area contributed by atoms with Gasteiger partial charge >= 0.3 is 0 Å². The SMILES string of the molecule is Cc1cc(Cn2c(CCCl)nc3ccc(Cl)cc32)no1. The van der Waals surface area contributed by atoms with E-state index in [1.54, 1.807) is 0 Å². The Hall–Kier alpha value is -1.52. The summed E-state index contributed by atoms with van der Waals surface area (Å²) >= 11 is 11.9. The van der Waals surface area contributed by atoms with Gasteiger partial charge in [-0.3, -0.25) is 0 Å². The van der Waals surface area contributed by atoms with Crippen LogP contribution in [0, 0.1) is 6.92 Å². The first-order valence-corrected chi connectivity index (χ1v) is 7.21. The molecular formula is C14H13Cl2N3O. The molecule has 0 aliphatic rings. The number of imidazole rings is 1. The summed E-state index contributed by atoms with van der Waals surface area (Å²) in [5.74, 6) is 2.24. The summed E-state index contributed by atoms with van der Waals surface area (Å²) in [6.45, 7) is 2.47. The highest BCUT2D eigenvalue weighted by molar-refractivity contribution is 6.31. The van der Waals surface area contributed by atoms with Crippen LogP contribution in [0.2, 0.25) is 5.02 Å². The van der Waals surface area contributed by atoms with Crippen molar-refractivity contribution < 1.29 is 4.52 Å². The molecule has 0 aliphatic carbocycles. The highest BCUT2D eigenvalue weighted by atomic mass is 35.5. The predicted octanol–water partition coefficient (Wildman–Crippen LogP) is 3.82. The van der Waals surface area contributed by atoms with Crippen molar-refractivity contribution in [3.63, 3.8) is 0 Å². The summed E-state index contributed by atoms with van der Waals surface area (Å²) in [5.41, 5.74) is 2.76. The van der Waals surface area contributed by atoms with E-state index >= 15 is 0 Å². The monoisotopic (exact) mass is 309 g/mol. The number of alkyl halides is 1. The van der Waals surface area contributed by atoms with Crippen LogP contribution in [0.1, 0.15) is 17.3 Å². The van der Waals surface area contributed by atoms with Gasteiger partial charge in [-0.05, 0) is 25.1 Å². The number of hydrogen-bond donors (Lipinski definition) is 0. The Morgan fingerprint density at radius 3 is 2.85 bits per heavy atom. The van der Waals surface area contributed by atoms with E-state index in [0.29, 0.717) is 23.9 Å². The van der Waals surface area contributed by atoms with E-state index in [2.05, 4.69) is 14.7 Å². The van der Waals surface area contributed by atoms with Gasteiger partial charge < -0.3 is 9.09 Å². The number of benzene rings is 1. The van der Waals surface area contributed by atoms with Crippen LogP contribution in [0.4, 0.5) is 0 Å². The molecule has 0 spiro atoms. The van der Waals surface area contributed by atoms with E-state index in [4.69, 9.17) is 27.7 Å². The second-order valence-electron chi connectivity index (χ2n) is 4.62. The van der Waals surface area contributed by atoms with Crippen LogP contribution in [0.5, 0.6) is 0 Å². The predicted molar refractivity (Wildman–Crippen MR) is 79.5 cm³/mol. The number of halogens is 2. The second kappa shape index (κ2) is 5.46. The molecule has 4 nitrogen and oxygen atoms in total. The van der Waals surface area contributed by atoms with Crippen LogP contribution in [-0.2, 0) is 13.0 Å². The maximum atomic E-state index is 6.08. The van der Waals surface area contributed by atoms with Gasteiger partial charge in [0.2, 0.25) is 0 Å². The van der Waals surface area contributed by atoms with Crippen molar-refractivity contribution >= 4 is 34.2 Å². The summed E-state index contributed by atoms with van der Waals surface area (Å²) < 4.78 is 7.20. The summed E-state index contributed by atoms with van der Waals surface area (Å²) in [6.07, 6.45) is 0.699. The molecule has 2 heterocycles. The van der Waals surface area contributed by atoms with Crippen molar-refractivity contribution in [2.75, 3.05) is 5.88 Å². The zero-order valence-corrected chi connectivity index (χ0v) is 12.4. The molecule has 3 aromatic rings. The van der Waals surface area contributed by atoms with Crippen molar-refractivity contribution in [3.05, 3.63) is 46.6 Å². The molecule has 1 aromatic carbocycles. The van der Waals surface area contributed by atoms with Crippen molar-refractivity contribution in [1.29, 1.82) is 0 Å². The van der Waals surface area contributed by atoms with E-state index in [0.717, 1.165) is 28.3 Å². The minimum absolute atomic E-state index is 0.523. The molecule has 0 saturated carbocycles. The normalized spacial score (nSPS) is 11.3. The number of aromatic nitrogens is 3. The van der Waals surface area contributed by atoms with Gasteiger partial charge in [0.05, 0.1) is 17.6 Å². The fourth-order valence-corrected chi connectivity index (χ4v) is 2.59. The van der Waals surface area contributed by atoms with E-state index in [1.165, 1.54) is 0 Å². The first kappa shape index (κ1) is 13.5. The van der Waals surface area contributed by atoms with E-state index < -0.39 is 0 Å². The Balaban J connectivity index is 2.09. The lowest BCUT2D eigenvalue weighted by Gasteiger charge is -2.06. The fourth-order valence-electron chi connectivity index (χ4n) is 2.25. The Morgan fingerprint density at radius 2 is 2.15 bits per heavy atom. The highest BCUT2D eigenvalue weighted by Gasteiger charge is 2.13. The first-order valence-electron chi connectivity index (χ1n) is 6.30. The topological polar surface area (TPSA) is 43.9 Å². The molecular weight excluding hydrogens is 297 g/mol. The molecule has 0 atom stereocenters. The van der Waals surface area contributed by atoms with Crippen molar-refractivity contribution in [2.45, 2.75) is 19.9 Å². The molecule has 0 fully saturated rings. The maximum Gasteiger partial charge on any atom is 0.133 e. The zero-order valence-electron chi connectivity index (χ0n) is 10.9. The average Bonchev–Trinajstić information content (AvgIpc) is 2.96. The van der Waals surface area contributed by atoms with Gasteiger partial charge in [-0.25, -0.2) is 4.98 Å². The molecule has 0 unspecified atom stereocenters. The molecule has 6 heteroatoms. The van der Waals surface area contributed by atoms with Crippen molar-refractivity contribution in [2.24, 2.45) is 0 Å². The molecule has 0 radical (unpaired) electrons. The first-order chi connectivity index (χ1) is 9.67. The molecule has 2 aromatic heterocycles. The lowest BCUT2D eigenvalue weighted by Crippen LogP contribution is -2.06. The average molecular weight is 310 g/mol. The Labute approximate surface area is 126 Å². The molecule has 3 rings (SSSR count). The standard InChI is InChI=1S/C14H13Cl2N3O/c1-9-6-11(18-20-9)8-19-13-7-10(16)2-3-12(13)17-14(19)4-5-15/h2-3,6-7H,4-5,8H2,1H3. The number of aryl methyl sites for hydroxylation is 2. The van der Waals surface area contributed by atoms with E-state index in [-0.39, 0.29) is 0 Å². The second-order valence-corrected chi connectivity index (χ2v) is 5.43. The van der Waals surface area contributed by atoms with Crippen LogP contribution in [-0.4, -0.2) is 20.6 Å². The van der Waals surface area contributed by atoms with E-state index in [1.807, 2.05) is 31.2 Å². The molecule has 104 valence electrons. The minimum atomic E-state index is 0.523. The van der Waals surface area contributed by atoms with Gasteiger partial charge in [0.1, 0.15) is 17.3 Å². The van der Waals surface area contributed by atoms with Crippen LogP contribution in [0.15, 0.2) is 28.8 Å². The van der Waals surface area contributed by atoms with Gasteiger partial charge in [0.25, 0.3) is 0 Å². The fraction of sp³-hybridized carbons (Fsp3) is 0.286. The van der Waals surface area contributed by atoms with Crippen LogP contribution in [0.3, 0.4) is 0 Å². The minimum Gasteiger partial charge on any atom is -0.361 e. The van der Waals surface area contributed by atoms with Crippen LogP contribution >= 0.6 is 23.2 Å². The van der Waals surface area contributed by atoms with Gasteiger partial charge in [-0.1, -0.05) is 16.8 Å². The Kier molecular flexibility index (Phi) is 3.68. The summed E-state index contributed by atoms with van der Waals surface area (Å²) in [4.78, 5) is 4.61. The van der Waals surface area contributed by atoms with Gasteiger partial charge in [-0.2, -0.15) is 0 Å². The smallest absolute Gasteiger partial charge is 0.133 e. The molecule has 0 amide bonds. The molecule has 20 heavy (non-hydrogen) atoms.